The summed E-state index contributed by atoms with van der Waals surface area (Å²) in [7, 11) is 0. The number of aliphatic hydroxyl groups is 2. The molecule has 0 amide bonds. The average Bonchev–Trinajstić information content (AvgIpc) is 3.53. The number of hydrogen-bond donors (Lipinski definition) is 4. The third-order valence-electron chi connectivity index (χ3n) is 6.37. The minimum absolute atomic E-state index is 0.269. The number of nitrogens with one attached hydrogen (secondary N) is 1. The summed E-state index contributed by atoms with van der Waals surface area (Å²) in [5, 5.41) is 29.2. The van der Waals surface area contributed by atoms with E-state index in [1.807, 2.05) is 24.4 Å². The van der Waals surface area contributed by atoms with Crippen LogP contribution >= 0.6 is 0 Å². The summed E-state index contributed by atoms with van der Waals surface area (Å²) in [4.78, 5) is 13.3. The number of aryl methyl sites for hydroxylation is 1. The second-order valence-corrected chi connectivity index (χ2v) is 8.45. The zero-order valence-electron chi connectivity index (χ0n) is 18.4. The third kappa shape index (κ3) is 4.03. The highest BCUT2D eigenvalue weighted by atomic mass is 16.3. The summed E-state index contributed by atoms with van der Waals surface area (Å²) in [6, 6.07) is 9.39. The van der Waals surface area contributed by atoms with Crippen LogP contribution < -0.4 is 11.1 Å². The molecule has 0 unspecified atom stereocenters. The molecule has 0 saturated heterocycles. The second-order valence-electron chi connectivity index (χ2n) is 8.45. The SMILES string of the molecule is CCc1cnn([C@H]2C[C@@H](n3cnc4c(N)nc(NCCc5ccccc5)nc43)[C@H](O)[C@@H]2O)c1. The van der Waals surface area contributed by atoms with E-state index in [0.717, 1.165) is 18.4 Å². The fraction of sp³-hybridized carbons (Fsp3) is 0.391. The minimum atomic E-state index is -0.993. The van der Waals surface area contributed by atoms with Crippen molar-refractivity contribution in [1.82, 2.24) is 29.3 Å². The van der Waals surface area contributed by atoms with E-state index in [1.54, 1.807) is 21.8 Å². The second kappa shape index (κ2) is 8.80. The number of nitrogen functional groups attached to an aromatic ring is 1. The van der Waals surface area contributed by atoms with Crippen molar-refractivity contribution in [2.24, 2.45) is 0 Å². The zero-order chi connectivity index (χ0) is 22.9. The van der Waals surface area contributed by atoms with Crippen molar-refractivity contribution < 1.29 is 10.2 Å². The van der Waals surface area contributed by atoms with Crippen LogP contribution in [0.1, 0.15) is 36.6 Å². The van der Waals surface area contributed by atoms with Crippen molar-refractivity contribution in [3.8, 4) is 0 Å². The van der Waals surface area contributed by atoms with Gasteiger partial charge in [-0.15, -0.1) is 0 Å². The topological polar surface area (TPSA) is 140 Å². The quantitative estimate of drug-likeness (QED) is 0.335. The van der Waals surface area contributed by atoms with E-state index in [0.29, 0.717) is 30.1 Å². The van der Waals surface area contributed by atoms with E-state index in [2.05, 4.69) is 44.4 Å². The maximum absolute atomic E-state index is 10.9. The van der Waals surface area contributed by atoms with Crippen molar-refractivity contribution in [1.29, 1.82) is 0 Å². The number of aromatic nitrogens is 6. The molecule has 4 aromatic rings. The predicted octanol–water partition coefficient (Wildman–Crippen LogP) is 1.73. The molecule has 3 heterocycles. The summed E-state index contributed by atoms with van der Waals surface area (Å²) in [5.74, 6) is 0.673. The van der Waals surface area contributed by atoms with Gasteiger partial charge in [0.25, 0.3) is 0 Å². The van der Waals surface area contributed by atoms with E-state index >= 15 is 0 Å². The molecule has 10 heteroatoms. The molecule has 1 saturated carbocycles. The number of benzene rings is 1. The molecule has 172 valence electrons. The molecule has 5 rings (SSSR count). The van der Waals surface area contributed by atoms with Gasteiger partial charge in [-0.3, -0.25) is 4.68 Å². The average molecular weight is 449 g/mol. The molecule has 5 N–H and O–H groups in total. The monoisotopic (exact) mass is 448 g/mol. The van der Waals surface area contributed by atoms with Crippen LogP contribution in [-0.4, -0.2) is 58.3 Å². The molecule has 0 aliphatic heterocycles. The fourth-order valence-electron chi connectivity index (χ4n) is 4.49. The van der Waals surface area contributed by atoms with E-state index < -0.39 is 18.2 Å². The third-order valence-corrected chi connectivity index (χ3v) is 6.37. The van der Waals surface area contributed by atoms with Gasteiger partial charge in [-0.2, -0.15) is 15.1 Å². The van der Waals surface area contributed by atoms with Gasteiger partial charge in [-0.05, 0) is 30.4 Å². The number of rotatable bonds is 7. The van der Waals surface area contributed by atoms with Crippen LogP contribution in [0.5, 0.6) is 0 Å². The number of fused-ring (bicyclic) bond motifs is 1. The van der Waals surface area contributed by atoms with Gasteiger partial charge >= 0.3 is 0 Å². The summed E-state index contributed by atoms with van der Waals surface area (Å²) >= 11 is 0. The number of nitrogens with zero attached hydrogens (tertiary/aromatic N) is 6. The lowest BCUT2D eigenvalue weighted by molar-refractivity contribution is 0.00721. The van der Waals surface area contributed by atoms with Gasteiger partial charge in [0.05, 0.1) is 24.6 Å². The number of hydrogen-bond acceptors (Lipinski definition) is 8. The van der Waals surface area contributed by atoms with Gasteiger partial charge in [-0.1, -0.05) is 37.3 Å². The maximum atomic E-state index is 10.9. The Bertz CT molecular complexity index is 1240. The maximum Gasteiger partial charge on any atom is 0.226 e. The molecule has 33 heavy (non-hydrogen) atoms. The van der Waals surface area contributed by atoms with E-state index in [9.17, 15) is 10.2 Å². The Labute approximate surface area is 191 Å². The highest BCUT2D eigenvalue weighted by Gasteiger charge is 2.44. The van der Waals surface area contributed by atoms with Crippen LogP contribution in [-0.2, 0) is 12.8 Å². The largest absolute Gasteiger partial charge is 0.388 e. The number of imidazole rings is 1. The van der Waals surface area contributed by atoms with Crippen molar-refractivity contribution in [2.75, 3.05) is 17.6 Å². The first-order valence-electron chi connectivity index (χ1n) is 11.2. The summed E-state index contributed by atoms with van der Waals surface area (Å²) < 4.78 is 3.53. The number of aliphatic hydroxyl groups excluding tert-OH is 2. The predicted molar refractivity (Wildman–Crippen MR) is 125 cm³/mol. The lowest BCUT2D eigenvalue weighted by Gasteiger charge is -2.18. The first-order valence-corrected chi connectivity index (χ1v) is 11.2. The van der Waals surface area contributed by atoms with Gasteiger partial charge in [0.15, 0.2) is 11.5 Å². The molecule has 10 nitrogen and oxygen atoms in total. The molecule has 1 fully saturated rings. The molecular weight excluding hydrogens is 420 g/mol. The molecule has 1 aliphatic rings. The lowest BCUT2D eigenvalue weighted by Crippen LogP contribution is -2.30. The highest BCUT2D eigenvalue weighted by molar-refractivity contribution is 5.83. The molecular formula is C23H28N8O2. The Hall–Kier alpha value is -3.50. The van der Waals surface area contributed by atoms with Crippen molar-refractivity contribution in [3.05, 3.63) is 60.2 Å². The summed E-state index contributed by atoms with van der Waals surface area (Å²) in [5.41, 5.74) is 9.45. The standard InChI is InChI=1S/C23H28N8O2/c1-2-14-11-27-31(12-14)17-10-16(19(32)20(17)33)30-13-26-18-21(24)28-23(29-22(18)30)25-9-8-15-6-4-3-5-7-15/h3-7,11-13,16-17,19-20,32-33H,2,8-10H2,1H3,(H3,24,25,28,29)/t16-,17+,19+,20-/m1/s1. The van der Waals surface area contributed by atoms with Crippen LogP contribution in [0, 0.1) is 0 Å². The highest BCUT2D eigenvalue weighted by Crippen LogP contribution is 2.39. The molecule has 1 aromatic carbocycles. The van der Waals surface area contributed by atoms with Crippen LogP contribution in [0.3, 0.4) is 0 Å². The minimum Gasteiger partial charge on any atom is -0.388 e. The summed E-state index contributed by atoms with van der Waals surface area (Å²) in [6.07, 6.45) is 5.53. The Balaban J connectivity index is 1.38. The first-order chi connectivity index (χ1) is 16.0. The van der Waals surface area contributed by atoms with Crippen LogP contribution in [0.25, 0.3) is 11.2 Å². The van der Waals surface area contributed by atoms with Crippen LogP contribution in [0.15, 0.2) is 49.1 Å². The van der Waals surface area contributed by atoms with E-state index in [-0.39, 0.29) is 11.9 Å². The first kappa shape index (κ1) is 21.4. The lowest BCUT2D eigenvalue weighted by atomic mass is 10.1. The van der Waals surface area contributed by atoms with Crippen molar-refractivity contribution in [3.63, 3.8) is 0 Å². The molecule has 4 atom stereocenters. The Morgan fingerprint density at radius 2 is 1.88 bits per heavy atom. The number of anilines is 2. The van der Waals surface area contributed by atoms with Gasteiger partial charge in [0.2, 0.25) is 5.95 Å². The Kier molecular flexibility index (Phi) is 5.69. The van der Waals surface area contributed by atoms with Crippen LogP contribution in [0.2, 0.25) is 0 Å². The smallest absolute Gasteiger partial charge is 0.226 e. The zero-order valence-corrected chi connectivity index (χ0v) is 18.4. The molecule has 3 aromatic heterocycles. The van der Waals surface area contributed by atoms with Gasteiger partial charge in [0.1, 0.15) is 17.7 Å². The molecule has 0 bridgehead atoms. The van der Waals surface area contributed by atoms with E-state index in [4.69, 9.17) is 5.73 Å². The van der Waals surface area contributed by atoms with Gasteiger partial charge in [-0.25, -0.2) is 4.98 Å². The summed E-state index contributed by atoms with van der Waals surface area (Å²) in [6.45, 7) is 2.70. The molecule has 0 spiro atoms. The van der Waals surface area contributed by atoms with Crippen molar-refractivity contribution in [2.45, 2.75) is 50.5 Å². The Morgan fingerprint density at radius 1 is 1.09 bits per heavy atom. The fourth-order valence-corrected chi connectivity index (χ4v) is 4.49. The van der Waals surface area contributed by atoms with E-state index in [1.165, 1.54) is 5.56 Å². The van der Waals surface area contributed by atoms with Crippen molar-refractivity contribution >= 4 is 22.9 Å². The molecule has 0 radical (unpaired) electrons. The van der Waals surface area contributed by atoms with Gasteiger partial charge in [0, 0.05) is 12.7 Å². The van der Waals surface area contributed by atoms with Crippen LogP contribution in [0.4, 0.5) is 11.8 Å². The molecule has 1 aliphatic carbocycles. The van der Waals surface area contributed by atoms with Gasteiger partial charge < -0.3 is 25.8 Å². The number of nitrogens with two attached hydrogens (primary N) is 1. The Morgan fingerprint density at radius 3 is 2.64 bits per heavy atom. The normalized spacial score (nSPS) is 22.8.